The summed E-state index contributed by atoms with van der Waals surface area (Å²) in [5.41, 5.74) is 1.84. The molecule has 104 valence electrons. The largest absolute Gasteiger partial charge is 0.453 e. The van der Waals surface area contributed by atoms with Crippen molar-refractivity contribution >= 4 is 17.5 Å². The molecule has 2 rings (SSSR count). The molecule has 1 amide bonds. The van der Waals surface area contributed by atoms with Gasteiger partial charge >= 0.3 is 6.09 Å². The van der Waals surface area contributed by atoms with Gasteiger partial charge in [0.25, 0.3) is 0 Å². The van der Waals surface area contributed by atoms with Gasteiger partial charge in [0.2, 0.25) is 0 Å². The summed E-state index contributed by atoms with van der Waals surface area (Å²) in [6.45, 7) is 1.05. The topological polar surface area (TPSA) is 50.4 Å². The monoisotopic (exact) mass is 262 g/mol. The number of anilines is 2. The first kappa shape index (κ1) is 13.7. The van der Waals surface area contributed by atoms with Crippen molar-refractivity contribution in [2.75, 3.05) is 24.3 Å². The SMILES string of the molecule is COC(=O)Nc1ccc(NCC2CCCCC2)cc1. The predicted octanol–water partition coefficient (Wildman–Crippen LogP) is 3.86. The Kier molecular flexibility index (Phi) is 5.07. The zero-order chi connectivity index (χ0) is 13.5. The summed E-state index contributed by atoms with van der Waals surface area (Å²) in [4.78, 5) is 11.0. The van der Waals surface area contributed by atoms with Crippen molar-refractivity contribution < 1.29 is 9.53 Å². The molecule has 1 aromatic carbocycles. The molecule has 0 saturated heterocycles. The minimum atomic E-state index is -0.442. The van der Waals surface area contributed by atoms with Crippen LogP contribution in [0.4, 0.5) is 16.2 Å². The maximum absolute atomic E-state index is 11.0. The van der Waals surface area contributed by atoms with Crippen molar-refractivity contribution in [3.63, 3.8) is 0 Å². The molecule has 2 N–H and O–H groups in total. The van der Waals surface area contributed by atoms with Crippen molar-refractivity contribution in [1.82, 2.24) is 0 Å². The normalized spacial score (nSPS) is 15.8. The van der Waals surface area contributed by atoms with Crippen molar-refractivity contribution in [3.8, 4) is 0 Å². The number of hydrogen-bond acceptors (Lipinski definition) is 3. The zero-order valence-corrected chi connectivity index (χ0v) is 11.4. The first-order chi connectivity index (χ1) is 9.28. The third-order valence-electron chi connectivity index (χ3n) is 3.64. The van der Waals surface area contributed by atoms with Gasteiger partial charge in [0.15, 0.2) is 0 Å². The van der Waals surface area contributed by atoms with Crippen LogP contribution in [-0.4, -0.2) is 19.7 Å². The van der Waals surface area contributed by atoms with Gasteiger partial charge in [-0.2, -0.15) is 0 Å². The van der Waals surface area contributed by atoms with Crippen molar-refractivity contribution in [1.29, 1.82) is 0 Å². The first-order valence-electron chi connectivity index (χ1n) is 6.97. The van der Waals surface area contributed by atoms with Crippen LogP contribution in [0.5, 0.6) is 0 Å². The maximum Gasteiger partial charge on any atom is 0.411 e. The summed E-state index contributed by atoms with van der Waals surface area (Å²) in [6.07, 6.45) is 6.37. The van der Waals surface area contributed by atoms with Crippen molar-refractivity contribution in [2.24, 2.45) is 5.92 Å². The Morgan fingerprint density at radius 3 is 2.42 bits per heavy atom. The lowest BCUT2D eigenvalue weighted by Crippen LogP contribution is -2.17. The molecule has 0 spiro atoms. The molecule has 1 aliphatic rings. The number of carbonyl (C=O) groups is 1. The van der Waals surface area contributed by atoms with Crippen molar-refractivity contribution in [2.45, 2.75) is 32.1 Å². The predicted molar refractivity (Wildman–Crippen MR) is 77.5 cm³/mol. The highest BCUT2D eigenvalue weighted by Gasteiger charge is 2.12. The number of benzene rings is 1. The molecular formula is C15H22N2O2. The van der Waals surface area contributed by atoms with E-state index >= 15 is 0 Å². The second kappa shape index (κ2) is 7.02. The summed E-state index contributed by atoms with van der Waals surface area (Å²) in [6, 6.07) is 7.71. The molecule has 1 fully saturated rings. The van der Waals surface area contributed by atoms with E-state index in [1.807, 2.05) is 24.3 Å². The molecule has 4 nitrogen and oxygen atoms in total. The third kappa shape index (κ3) is 4.47. The van der Waals surface area contributed by atoms with Gasteiger partial charge in [-0.3, -0.25) is 5.32 Å². The second-order valence-electron chi connectivity index (χ2n) is 5.08. The molecule has 0 bridgehead atoms. The average molecular weight is 262 g/mol. The first-order valence-corrected chi connectivity index (χ1v) is 6.97. The number of methoxy groups -OCH3 is 1. The third-order valence-corrected chi connectivity index (χ3v) is 3.64. The molecule has 0 aromatic heterocycles. The summed E-state index contributed by atoms with van der Waals surface area (Å²) < 4.78 is 4.55. The Morgan fingerprint density at radius 2 is 1.79 bits per heavy atom. The van der Waals surface area contributed by atoms with E-state index in [9.17, 15) is 4.79 Å². The zero-order valence-electron chi connectivity index (χ0n) is 11.4. The van der Waals surface area contributed by atoms with E-state index < -0.39 is 6.09 Å². The van der Waals surface area contributed by atoms with Crippen molar-refractivity contribution in [3.05, 3.63) is 24.3 Å². The van der Waals surface area contributed by atoms with E-state index in [4.69, 9.17) is 0 Å². The molecule has 0 radical (unpaired) electrons. The second-order valence-corrected chi connectivity index (χ2v) is 5.08. The van der Waals surface area contributed by atoms with E-state index in [1.54, 1.807) is 0 Å². The highest BCUT2D eigenvalue weighted by molar-refractivity contribution is 5.84. The van der Waals surface area contributed by atoms with E-state index in [2.05, 4.69) is 15.4 Å². The Hall–Kier alpha value is -1.71. The summed E-state index contributed by atoms with van der Waals surface area (Å²) >= 11 is 0. The number of rotatable bonds is 4. The molecular weight excluding hydrogens is 240 g/mol. The van der Waals surface area contributed by atoms with Crippen LogP contribution >= 0.6 is 0 Å². The van der Waals surface area contributed by atoms with E-state index in [0.717, 1.165) is 23.8 Å². The van der Waals surface area contributed by atoms with Gasteiger partial charge in [0.05, 0.1) is 7.11 Å². The minimum absolute atomic E-state index is 0.442. The van der Waals surface area contributed by atoms with Gasteiger partial charge in [0.1, 0.15) is 0 Å². The van der Waals surface area contributed by atoms with Crippen LogP contribution in [0, 0.1) is 5.92 Å². The summed E-state index contributed by atoms with van der Waals surface area (Å²) in [5.74, 6) is 0.807. The molecule has 1 saturated carbocycles. The van der Waals surface area contributed by atoms with Crippen LogP contribution in [0.15, 0.2) is 24.3 Å². The number of carbonyl (C=O) groups excluding carboxylic acids is 1. The summed E-state index contributed by atoms with van der Waals surface area (Å²) in [5, 5.41) is 6.10. The standard InChI is InChI=1S/C15H22N2O2/c1-19-15(18)17-14-9-7-13(8-10-14)16-11-12-5-3-2-4-6-12/h7-10,12,16H,2-6,11H2,1H3,(H,17,18). The Labute approximate surface area is 114 Å². The molecule has 0 atom stereocenters. The van der Waals surface area contributed by atoms with E-state index in [1.165, 1.54) is 39.2 Å². The molecule has 19 heavy (non-hydrogen) atoms. The van der Waals surface area contributed by atoms with Gasteiger partial charge in [-0.25, -0.2) is 4.79 Å². The average Bonchev–Trinajstić information content (AvgIpc) is 2.47. The lowest BCUT2D eigenvalue weighted by atomic mass is 9.89. The van der Waals surface area contributed by atoms with Crippen LogP contribution in [0.25, 0.3) is 0 Å². The molecule has 1 aromatic rings. The number of hydrogen-bond donors (Lipinski definition) is 2. The van der Waals surface area contributed by atoms with Gasteiger partial charge in [-0.05, 0) is 43.0 Å². The Balaban J connectivity index is 1.79. The highest BCUT2D eigenvalue weighted by Crippen LogP contribution is 2.24. The number of amides is 1. The molecule has 0 unspecified atom stereocenters. The number of nitrogens with one attached hydrogen (secondary N) is 2. The van der Waals surface area contributed by atoms with Crippen LogP contribution in [-0.2, 0) is 4.74 Å². The molecule has 0 aliphatic heterocycles. The fourth-order valence-corrected chi connectivity index (χ4v) is 2.49. The van der Waals surface area contributed by atoms with Crippen LogP contribution in [0.2, 0.25) is 0 Å². The maximum atomic E-state index is 11.0. The fourth-order valence-electron chi connectivity index (χ4n) is 2.49. The molecule has 4 heteroatoms. The van der Waals surface area contributed by atoms with Gasteiger partial charge < -0.3 is 10.1 Å². The minimum Gasteiger partial charge on any atom is -0.453 e. The van der Waals surface area contributed by atoms with E-state index in [-0.39, 0.29) is 0 Å². The van der Waals surface area contributed by atoms with Gasteiger partial charge in [-0.1, -0.05) is 19.3 Å². The van der Waals surface area contributed by atoms with Gasteiger partial charge in [0, 0.05) is 17.9 Å². The lowest BCUT2D eigenvalue weighted by molar-refractivity contribution is 0.187. The quantitative estimate of drug-likeness (QED) is 0.866. The Bertz CT molecular complexity index is 397. The summed E-state index contributed by atoms with van der Waals surface area (Å²) in [7, 11) is 1.36. The molecule has 0 heterocycles. The number of ether oxygens (including phenoxy) is 1. The Morgan fingerprint density at radius 1 is 1.16 bits per heavy atom. The van der Waals surface area contributed by atoms with Crippen LogP contribution < -0.4 is 10.6 Å². The highest BCUT2D eigenvalue weighted by atomic mass is 16.5. The smallest absolute Gasteiger partial charge is 0.411 e. The fraction of sp³-hybridized carbons (Fsp3) is 0.533. The van der Waals surface area contributed by atoms with Gasteiger partial charge in [-0.15, -0.1) is 0 Å². The molecule has 1 aliphatic carbocycles. The van der Waals surface area contributed by atoms with Crippen LogP contribution in [0.3, 0.4) is 0 Å². The lowest BCUT2D eigenvalue weighted by Gasteiger charge is -2.22. The van der Waals surface area contributed by atoms with Crippen LogP contribution in [0.1, 0.15) is 32.1 Å². The van der Waals surface area contributed by atoms with E-state index in [0.29, 0.717) is 0 Å².